The minimum Gasteiger partial charge on any atom is -0.497 e. The van der Waals surface area contributed by atoms with Gasteiger partial charge in [-0.05, 0) is 30.7 Å². The number of aliphatic hydroxyl groups excluding tert-OH is 1. The highest BCUT2D eigenvalue weighted by molar-refractivity contribution is 7.89. The Kier molecular flexibility index (Phi) is 5.16. The first-order valence-electron chi connectivity index (χ1n) is 5.22. The van der Waals surface area contributed by atoms with Crippen molar-refractivity contribution in [1.29, 1.82) is 0 Å². The van der Waals surface area contributed by atoms with Crippen LogP contribution in [0.25, 0.3) is 0 Å². The third kappa shape index (κ3) is 3.74. The molecule has 0 fully saturated rings. The van der Waals surface area contributed by atoms with Gasteiger partial charge in [0, 0.05) is 0 Å². The summed E-state index contributed by atoms with van der Waals surface area (Å²) in [6.45, 7) is 1.37. The van der Waals surface area contributed by atoms with Crippen molar-refractivity contribution < 1.29 is 18.3 Å². The number of nitrogens with one attached hydrogen (secondary N) is 1. The van der Waals surface area contributed by atoms with Gasteiger partial charge in [-0.2, -0.15) is 4.72 Å². The van der Waals surface area contributed by atoms with Gasteiger partial charge in [0.1, 0.15) is 12.4 Å². The van der Waals surface area contributed by atoms with E-state index in [1.54, 1.807) is 19.1 Å². The molecule has 98 valence electrons. The molecule has 0 unspecified atom stereocenters. The second-order valence-electron chi connectivity index (χ2n) is 3.47. The summed E-state index contributed by atoms with van der Waals surface area (Å²) in [7, 11) is -2.07. The van der Waals surface area contributed by atoms with Crippen LogP contribution in [0.1, 0.15) is 5.56 Å². The Labute approximate surface area is 107 Å². The Morgan fingerprint density at radius 1 is 1.39 bits per heavy atom. The van der Waals surface area contributed by atoms with Crippen LogP contribution in [-0.4, -0.2) is 33.8 Å². The molecule has 0 spiro atoms. The van der Waals surface area contributed by atoms with Gasteiger partial charge in [-0.25, -0.2) is 8.42 Å². The van der Waals surface area contributed by atoms with E-state index in [1.807, 2.05) is 0 Å². The van der Waals surface area contributed by atoms with E-state index >= 15 is 0 Å². The van der Waals surface area contributed by atoms with E-state index in [9.17, 15) is 8.42 Å². The molecule has 0 amide bonds. The first kappa shape index (κ1) is 14.5. The fourth-order valence-electron chi connectivity index (χ4n) is 1.38. The number of benzene rings is 1. The van der Waals surface area contributed by atoms with E-state index in [1.165, 1.54) is 13.2 Å². The lowest BCUT2D eigenvalue weighted by Crippen LogP contribution is -2.24. The van der Waals surface area contributed by atoms with Crippen LogP contribution in [0.15, 0.2) is 23.1 Å². The molecule has 1 aromatic carbocycles. The van der Waals surface area contributed by atoms with Crippen molar-refractivity contribution in [3.63, 3.8) is 0 Å². The molecule has 0 aliphatic heterocycles. The Morgan fingerprint density at radius 3 is 2.67 bits per heavy atom. The number of aryl methyl sites for hydroxylation is 1. The van der Waals surface area contributed by atoms with Gasteiger partial charge in [-0.3, -0.25) is 0 Å². The standard InChI is InChI=1S/C12H15NO4S/c1-10-9-11(17-2)5-6-12(10)18(15,16)13-7-3-4-8-14/h5-6,9,13-14H,7-8H2,1-2H3. The van der Waals surface area contributed by atoms with Gasteiger partial charge in [0.2, 0.25) is 10.0 Å². The predicted octanol–water partition coefficient (Wildman–Crippen LogP) is 0.278. The van der Waals surface area contributed by atoms with Crippen LogP contribution in [0, 0.1) is 18.8 Å². The molecule has 0 radical (unpaired) electrons. The smallest absolute Gasteiger partial charge is 0.241 e. The minimum absolute atomic E-state index is 0.0334. The molecule has 6 heteroatoms. The normalized spacial score (nSPS) is 10.6. The quantitative estimate of drug-likeness (QED) is 0.770. The highest BCUT2D eigenvalue weighted by Gasteiger charge is 2.15. The zero-order valence-electron chi connectivity index (χ0n) is 10.2. The lowest BCUT2D eigenvalue weighted by molar-refractivity contribution is 0.350. The largest absolute Gasteiger partial charge is 0.497 e. The van der Waals surface area contributed by atoms with Crippen LogP contribution >= 0.6 is 0 Å². The van der Waals surface area contributed by atoms with Crippen molar-refractivity contribution in [3.8, 4) is 17.6 Å². The first-order chi connectivity index (χ1) is 8.51. The molecule has 5 nitrogen and oxygen atoms in total. The second-order valence-corrected chi connectivity index (χ2v) is 5.20. The average molecular weight is 269 g/mol. The summed E-state index contributed by atoms with van der Waals surface area (Å²) < 4.78 is 31.2. The first-order valence-corrected chi connectivity index (χ1v) is 6.70. The number of hydrogen-bond donors (Lipinski definition) is 2. The van der Waals surface area contributed by atoms with E-state index in [4.69, 9.17) is 9.84 Å². The van der Waals surface area contributed by atoms with Crippen LogP contribution in [0.2, 0.25) is 0 Å². The molecule has 1 aromatic rings. The van der Waals surface area contributed by atoms with E-state index in [0.29, 0.717) is 11.3 Å². The Bertz CT molecular complexity index is 569. The van der Waals surface area contributed by atoms with E-state index < -0.39 is 10.0 Å². The Balaban J connectivity index is 2.91. The summed E-state index contributed by atoms with van der Waals surface area (Å²) in [5, 5.41) is 8.45. The van der Waals surface area contributed by atoms with Crippen molar-refractivity contribution in [2.45, 2.75) is 11.8 Å². The van der Waals surface area contributed by atoms with Crippen molar-refractivity contribution in [1.82, 2.24) is 4.72 Å². The number of rotatable bonds is 4. The fourth-order valence-corrected chi connectivity index (χ4v) is 2.53. The van der Waals surface area contributed by atoms with Crippen LogP contribution in [0.5, 0.6) is 5.75 Å². The van der Waals surface area contributed by atoms with Crippen LogP contribution < -0.4 is 9.46 Å². The van der Waals surface area contributed by atoms with Gasteiger partial charge < -0.3 is 9.84 Å². The van der Waals surface area contributed by atoms with Gasteiger partial charge in [0.15, 0.2) is 0 Å². The lowest BCUT2D eigenvalue weighted by Gasteiger charge is -2.08. The molecule has 0 saturated heterocycles. The minimum atomic E-state index is -3.59. The fraction of sp³-hybridized carbons (Fsp3) is 0.333. The topological polar surface area (TPSA) is 75.6 Å². The summed E-state index contributed by atoms with van der Waals surface area (Å²) >= 11 is 0. The van der Waals surface area contributed by atoms with E-state index in [0.717, 1.165) is 0 Å². The SMILES string of the molecule is COc1ccc(S(=O)(=O)NCC#CCO)c(C)c1. The molecule has 0 aliphatic carbocycles. The maximum atomic E-state index is 11.9. The zero-order valence-corrected chi connectivity index (χ0v) is 11.0. The lowest BCUT2D eigenvalue weighted by atomic mass is 10.2. The van der Waals surface area contributed by atoms with Gasteiger partial charge >= 0.3 is 0 Å². The molecule has 0 saturated carbocycles. The third-order valence-electron chi connectivity index (χ3n) is 2.23. The molecule has 0 aromatic heterocycles. The van der Waals surface area contributed by atoms with Crippen LogP contribution in [0.4, 0.5) is 0 Å². The maximum absolute atomic E-state index is 11.9. The molecule has 1 rings (SSSR count). The monoisotopic (exact) mass is 269 g/mol. The van der Waals surface area contributed by atoms with Crippen LogP contribution in [-0.2, 0) is 10.0 Å². The van der Waals surface area contributed by atoms with Gasteiger partial charge in [0.25, 0.3) is 0 Å². The highest BCUT2D eigenvalue weighted by atomic mass is 32.2. The maximum Gasteiger partial charge on any atom is 0.241 e. The summed E-state index contributed by atoms with van der Waals surface area (Å²) in [6, 6.07) is 4.71. The molecule has 0 atom stereocenters. The number of methoxy groups -OCH3 is 1. The summed E-state index contributed by atoms with van der Waals surface area (Å²) in [5.74, 6) is 5.46. The zero-order chi connectivity index (χ0) is 13.6. The Morgan fingerprint density at radius 2 is 2.11 bits per heavy atom. The Hall–Kier alpha value is -1.55. The number of hydrogen-bond acceptors (Lipinski definition) is 4. The van der Waals surface area contributed by atoms with Crippen molar-refractivity contribution >= 4 is 10.0 Å². The molecule has 0 bridgehead atoms. The summed E-state index contributed by atoms with van der Waals surface area (Å²) in [5.41, 5.74) is 0.594. The second kappa shape index (κ2) is 6.40. The van der Waals surface area contributed by atoms with Gasteiger partial charge in [-0.15, -0.1) is 0 Å². The molecular weight excluding hydrogens is 254 g/mol. The molecule has 2 N–H and O–H groups in total. The van der Waals surface area contributed by atoms with Crippen molar-refractivity contribution in [2.75, 3.05) is 20.3 Å². The predicted molar refractivity (Wildman–Crippen MR) is 67.8 cm³/mol. The van der Waals surface area contributed by atoms with Crippen LogP contribution in [0.3, 0.4) is 0 Å². The number of sulfonamides is 1. The van der Waals surface area contributed by atoms with Crippen molar-refractivity contribution in [2.24, 2.45) is 0 Å². The van der Waals surface area contributed by atoms with Crippen molar-refractivity contribution in [3.05, 3.63) is 23.8 Å². The van der Waals surface area contributed by atoms with E-state index in [-0.39, 0.29) is 18.0 Å². The summed E-state index contributed by atoms with van der Waals surface area (Å²) in [4.78, 5) is 0.189. The molecule has 0 heterocycles. The third-order valence-corrected chi connectivity index (χ3v) is 3.79. The molecule has 18 heavy (non-hydrogen) atoms. The highest BCUT2D eigenvalue weighted by Crippen LogP contribution is 2.20. The average Bonchev–Trinajstić information content (AvgIpc) is 2.34. The number of aliphatic hydroxyl groups is 1. The molecular formula is C12H15NO4S. The van der Waals surface area contributed by atoms with E-state index in [2.05, 4.69) is 16.6 Å². The van der Waals surface area contributed by atoms with Gasteiger partial charge in [-0.1, -0.05) is 11.8 Å². The number of ether oxygens (including phenoxy) is 1. The molecule has 0 aliphatic rings. The van der Waals surface area contributed by atoms with Gasteiger partial charge in [0.05, 0.1) is 18.6 Å². The summed E-state index contributed by atoms with van der Waals surface area (Å²) in [6.07, 6.45) is 0.